The second-order valence-corrected chi connectivity index (χ2v) is 6.75. The molecule has 0 aromatic heterocycles. The van der Waals surface area contributed by atoms with Crippen LogP contribution in [0.25, 0.3) is 0 Å². The SMILES string of the molecule is CCC(=N)c1ccccc1NCc1ccc(NC(=O)c2ccc(C)cc2)cc1. The molecule has 3 aromatic carbocycles. The lowest BCUT2D eigenvalue weighted by atomic mass is 10.1. The number of nitrogens with one attached hydrogen (secondary N) is 3. The van der Waals surface area contributed by atoms with Gasteiger partial charge in [-0.2, -0.15) is 0 Å². The van der Waals surface area contributed by atoms with Crippen LogP contribution >= 0.6 is 0 Å². The Labute approximate surface area is 166 Å². The molecule has 0 fully saturated rings. The van der Waals surface area contributed by atoms with Gasteiger partial charge in [-0.05, 0) is 49.2 Å². The van der Waals surface area contributed by atoms with Crippen molar-refractivity contribution in [2.24, 2.45) is 0 Å². The van der Waals surface area contributed by atoms with E-state index in [1.165, 1.54) is 0 Å². The molecule has 0 spiro atoms. The smallest absolute Gasteiger partial charge is 0.255 e. The van der Waals surface area contributed by atoms with E-state index in [0.29, 0.717) is 24.2 Å². The van der Waals surface area contributed by atoms with Crippen LogP contribution < -0.4 is 10.6 Å². The minimum absolute atomic E-state index is 0.113. The van der Waals surface area contributed by atoms with Gasteiger partial charge >= 0.3 is 0 Å². The van der Waals surface area contributed by atoms with Crippen molar-refractivity contribution in [1.29, 1.82) is 5.41 Å². The summed E-state index contributed by atoms with van der Waals surface area (Å²) in [5.41, 5.74) is 6.17. The highest BCUT2D eigenvalue weighted by Gasteiger charge is 2.07. The second kappa shape index (κ2) is 9.00. The Hall–Kier alpha value is -3.40. The molecule has 0 saturated carbocycles. The Morgan fingerprint density at radius 2 is 1.61 bits per heavy atom. The summed E-state index contributed by atoms with van der Waals surface area (Å²) in [5, 5.41) is 14.4. The fourth-order valence-electron chi connectivity index (χ4n) is 2.90. The van der Waals surface area contributed by atoms with Crippen LogP contribution in [-0.4, -0.2) is 11.6 Å². The fourth-order valence-corrected chi connectivity index (χ4v) is 2.90. The average molecular weight is 371 g/mol. The molecule has 0 aliphatic carbocycles. The Morgan fingerprint density at radius 1 is 0.929 bits per heavy atom. The van der Waals surface area contributed by atoms with E-state index in [-0.39, 0.29) is 5.91 Å². The Bertz CT molecular complexity index is 960. The summed E-state index contributed by atoms with van der Waals surface area (Å²) in [6.07, 6.45) is 0.702. The maximum Gasteiger partial charge on any atom is 0.255 e. The zero-order valence-electron chi connectivity index (χ0n) is 16.3. The molecule has 3 N–H and O–H groups in total. The molecule has 0 radical (unpaired) electrons. The van der Waals surface area contributed by atoms with E-state index in [2.05, 4.69) is 10.6 Å². The average Bonchev–Trinajstić information content (AvgIpc) is 2.73. The zero-order chi connectivity index (χ0) is 19.9. The third kappa shape index (κ3) is 4.86. The van der Waals surface area contributed by atoms with Crippen LogP contribution in [0, 0.1) is 12.3 Å². The number of carbonyl (C=O) groups excluding carboxylic acids is 1. The minimum atomic E-state index is -0.113. The summed E-state index contributed by atoms with van der Waals surface area (Å²) in [5.74, 6) is -0.113. The molecule has 0 bridgehead atoms. The van der Waals surface area contributed by atoms with Crippen LogP contribution in [-0.2, 0) is 6.54 Å². The summed E-state index contributed by atoms with van der Waals surface area (Å²) >= 11 is 0. The number of benzene rings is 3. The van der Waals surface area contributed by atoms with Gasteiger partial charge in [0.05, 0.1) is 0 Å². The lowest BCUT2D eigenvalue weighted by Gasteiger charge is -2.13. The molecule has 3 aromatic rings. The van der Waals surface area contributed by atoms with Crippen LogP contribution in [0.1, 0.15) is 40.4 Å². The van der Waals surface area contributed by atoms with Gasteiger partial charge in [0.2, 0.25) is 0 Å². The molecule has 0 atom stereocenters. The van der Waals surface area contributed by atoms with E-state index in [1.54, 1.807) is 0 Å². The van der Waals surface area contributed by atoms with Gasteiger partial charge in [0.25, 0.3) is 5.91 Å². The first-order valence-corrected chi connectivity index (χ1v) is 9.44. The molecular formula is C24H25N3O. The number of rotatable bonds is 7. The Balaban J connectivity index is 1.61. The van der Waals surface area contributed by atoms with Crippen LogP contribution in [0.15, 0.2) is 72.8 Å². The predicted molar refractivity (Wildman–Crippen MR) is 116 cm³/mol. The summed E-state index contributed by atoms with van der Waals surface area (Å²) in [7, 11) is 0. The first-order valence-electron chi connectivity index (χ1n) is 9.44. The lowest BCUT2D eigenvalue weighted by molar-refractivity contribution is 0.102. The number of amides is 1. The summed E-state index contributed by atoms with van der Waals surface area (Å²) in [6, 6.07) is 23.2. The lowest BCUT2D eigenvalue weighted by Crippen LogP contribution is -2.12. The Kier molecular flexibility index (Phi) is 6.22. The van der Waals surface area contributed by atoms with Gasteiger partial charge in [0, 0.05) is 34.8 Å². The third-order valence-corrected chi connectivity index (χ3v) is 4.61. The van der Waals surface area contributed by atoms with Crippen LogP contribution in [0.5, 0.6) is 0 Å². The first kappa shape index (κ1) is 19.4. The van der Waals surface area contributed by atoms with Crippen molar-refractivity contribution in [3.05, 3.63) is 95.1 Å². The van der Waals surface area contributed by atoms with Crippen molar-refractivity contribution < 1.29 is 4.79 Å². The fraction of sp³-hybridized carbons (Fsp3) is 0.167. The maximum absolute atomic E-state index is 12.3. The van der Waals surface area contributed by atoms with E-state index >= 15 is 0 Å². The van der Waals surface area contributed by atoms with Crippen LogP contribution in [0.3, 0.4) is 0 Å². The van der Waals surface area contributed by atoms with E-state index in [4.69, 9.17) is 5.41 Å². The van der Waals surface area contributed by atoms with E-state index < -0.39 is 0 Å². The van der Waals surface area contributed by atoms with Crippen molar-refractivity contribution in [2.75, 3.05) is 10.6 Å². The molecule has 4 nitrogen and oxygen atoms in total. The van der Waals surface area contributed by atoms with Gasteiger partial charge in [0.1, 0.15) is 0 Å². The van der Waals surface area contributed by atoms with Gasteiger partial charge in [-0.3, -0.25) is 4.79 Å². The Morgan fingerprint density at radius 3 is 2.29 bits per heavy atom. The van der Waals surface area contributed by atoms with Gasteiger partial charge in [-0.15, -0.1) is 0 Å². The van der Waals surface area contributed by atoms with E-state index in [0.717, 1.165) is 28.1 Å². The molecular weight excluding hydrogens is 346 g/mol. The highest BCUT2D eigenvalue weighted by atomic mass is 16.1. The largest absolute Gasteiger partial charge is 0.380 e. The van der Waals surface area contributed by atoms with Crippen molar-refractivity contribution in [3.8, 4) is 0 Å². The van der Waals surface area contributed by atoms with Crippen LogP contribution in [0.4, 0.5) is 11.4 Å². The molecule has 142 valence electrons. The molecule has 28 heavy (non-hydrogen) atoms. The van der Waals surface area contributed by atoms with Crippen molar-refractivity contribution in [3.63, 3.8) is 0 Å². The summed E-state index contributed by atoms with van der Waals surface area (Å²) in [4.78, 5) is 12.3. The van der Waals surface area contributed by atoms with Gasteiger partial charge < -0.3 is 16.0 Å². The number of hydrogen-bond donors (Lipinski definition) is 3. The summed E-state index contributed by atoms with van der Waals surface area (Å²) in [6.45, 7) is 4.64. The number of hydrogen-bond acceptors (Lipinski definition) is 3. The highest BCUT2D eigenvalue weighted by molar-refractivity contribution is 6.04. The normalized spacial score (nSPS) is 10.4. The van der Waals surface area contributed by atoms with Crippen molar-refractivity contribution >= 4 is 23.0 Å². The number of carbonyl (C=O) groups is 1. The molecule has 3 rings (SSSR count). The molecule has 4 heteroatoms. The van der Waals surface area contributed by atoms with Crippen molar-refractivity contribution in [2.45, 2.75) is 26.8 Å². The van der Waals surface area contributed by atoms with Gasteiger partial charge in [-0.1, -0.05) is 55.0 Å². The number of aryl methyl sites for hydroxylation is 1. The topological polar surface area (TPSA) is 65.0 Å². The van der Waals surface area contributed by atoms with Crippen LogP contribution in [0.2, 0.25) is 0 Å². The highest BCUT2D eigenvalue weighted by Crippen LogP contribution is 2.19. The number of anilines is 2. The second-order valence-electron chi connectivity index (χ2n) is 6.75. The quantitative estimate of drug-likeness (QED) is 0.471. The first-order chi connectivity index (χ1) is 13.6. The predicted octanol–water partition coefficient (Wildman–Crippen LogP) is 5.64. The monoisotopic (exact) mass is 371 g/mol. The van der Waals surface area contributed by atoms with E-state index in [9.17, 15) is 4.79 Å². The molecule has 1 amide bonds. The molecule has 0 heterocycles. The molecule has 0 aliphatic rings. The molecule has 0 saturated heterocycles. The molecule has 0 aliphatic heterocycles. The van der Waals surface area contributed by atoms with Gasteiger partial charge in [0.15, 0.2) is 0 Å². The molecule has 0 unspecified atom stereocenters. The maximum atomic E-state index is 12.3. The summed E-state index contributed by atoms with van der Waals surface area (Å²) < 4.78 is 0. The third-order valence-electron chi connectivity index (χ3n) is 4.61. The standard InChI is InChI=1S/C24H25N3O/c1-3-22(25)21-6-4-5-7-23(21)26-16-18-10-14-20(15-11-18)27-24(28)19-12-8-17(2)9-13-19/h4-15,25-26H,3,16H2,1-2H3,(H,27,28). The van der Waals surface area contributed by atoms with E-state index in [1.807, 2.05) is 86.6 Å². The minimum Gasteiger partial charge on any atom is -0.380 e. The number of para-hydroxylation sites is 1. The van der Waals surface area contributed by atoms with Gasteiger partial charge in [-0.25, -0.2) is 0 Å². The van der Waals surface area contributed by atoms with Crippen molar-refractivity contribution in [1.82, 2.24) is 0 Å². The zero-order valence-corrected chi connectivity index (χ0v) is 16.3.